The van der Waals surface area contributed by atoms with Crippen LogP contribution in [0.25, 0.3) is 0 Å². The molecule has 0 aromatic heterocycles. The average molecular weight is 422 g/mol. The van der Waals surface area contributed by atoms with Gasteiger partial charge in [0.2, 0.25) is 15.9 Å². The number of nitrogens with zero attached hydrogens (tertiary/aromatic N) is 2. The molecule has 0 saturated carbocycles. The molecule has 8 nitrogen and oxygen atoms in total. The molecule has 1 N–H and O–H groups in total. The number of rotatable bonds is 8. The Labute approximate surface area is 171 Å². The van der Waals surface area contributed by atoms with E-state index in [0.717, 1.165) is 11.3 Å². The predicted octanol–water partition coefficient (Wildman–Crippen LogP) is 1.38. The standard InChI is InChI=1S/C20H27N3O5S/c1-2-3-14-29(27,28)22-11-8-15(9-12-22)21-18(24)10-13-23-19(25)16-6-4-5-7-17(16)20(23)26/h4-7,15H,2-3,8-14H2,1H3,(H,21,24). The van der Waals surface area contributed by atoms with Crippen LogP contribution in [-0.4, -0.2) is 66.8 Å². The van der Waals surface area contributed by atoms with E-state index < -0.39 is 10.0 Å². The molecule has 1 saturated heterocycles. The minimum absolute atomic E-state index is 0.0283. The van der Waals surface area contributed by atoms with Gasteiger partial charge in [-0.3, -0.25) is 19.3 Å². The van der Waals surface area contributed by atoms with Gasteiger partial charge in [0.1, 0.15) is 0 Å². The molecule has 2 aliphatic heterocycles. The Morgan fingerprint density at radius 3 is 2.24 bits per heavy atom. The lowest BCUT2D eigenvalue weighted by atomic mass is 10.1. The summed E-state index contributed by atoms with van der Waals surface area (Å²) in [5.74, 6) is -0.817. The minimum atomic E-state index is -3.22. The molecular formula is C20H27N3O5S. The first kappa shape index (κ1) is 21.4. The summed E-state index contributed by atoms with van der Waals surface area (Å²) in [5.41, 5.74) is 0.740. The molecule has 158 valence electrons. The van der Waals surface area contributed by atoms with Crippen LogP contribution in [0.5, 0.6) is 0 Å². The van der Waals surface area contributed by atoms with Crippen molar-refractivity contribution in [3.8, 4) is 0 Å². The van der Waals surface area contributed by atoms with Crippen molar-refractivity contribution in [2.45, 2.75) is 45.1 Å². The number of fused-ring (bicyclic) bond motifs is 1. The maximum atomic E-state index is 12.3. The summed E-state index contributed by atoms with van der Waals surface area (Å²) < 4.78 is 26.0. The van der Waals surface area contributed by atoms with E-state index in [1.165, 1.54) is 4.31 Å². The number of hydrogen-bond acceptors (Lipinski definition) is 5. The van der Waals surface area contributed by atoms with E-state index in [0.29, 0.717) is 43.5 Å². The summed E-state index contributed by atoms with van der Waals surface area (Å²) in [6, 6.07) is 6.53. The summed E-state index contributed by atoms with van der Waals surface area (Å²) in [7, 11) is -3.22. The van der Waals surface area contributed by atoms with Crippen LogP contribution in [0, 0.1) is 0 Å². The van der Waals surface area contributed by atoms with Crippen molar-refractivity contribution in [3.63, 3.8) is 0 Å². The van der Waals surface area contributed by atoms with Crippen LogP contribution in [0.15, 0.2) is 24.3 Å². The maximum absolute atomic E-state index is 12.3. The van der Waals surface area contributed by atoms with Crippen molar-refractivity contribution >= 4 is 27.7 Å². The SMILES string of the molecule is CCCCS(=O)(=O)N1CCC(NC(=O)CCN2C(=O)c3ccccc3C2=O)CC1. The molecule has 9 heteroatoms. The van der Waals surface area contributed by atoms with Crippen LogP contribution in [0.2, 0.25) is 0 Å². The third kappa shape index (κ3) is 4.84. The maximum Gasteiger partial charge on any atom is 0.261 e. The molecule has 1 fully saturated rings. The van der Waals surface area contributed by atoms with E-state index in [1.807, 2.05) is 6.92 Å². The van der Waals surface area contributed by atoms with Crippen LogP contribution in [0.3, 0.4) is 0 Å². The zero-order valence-electron chi connectivity index (χ0n) is 16.6. The fourth-order valence-corrected chi connectivity index (χ4v) is 5.37. The highest BCUT2D eigenvalue weighted by atomic mass is 32.2. The quantitative estimate of drug-likeness (QED) is 0.639. The van der Waals surface area contributed by atoms with E-state index in [9.17, 15) is 22.8 Å². The summed E-state index contributed by atoms with van der Waals surface area (Å²) in [6.45, 7) is 2.78. The molecule has 29 heavy (non-hydrogen) atoms. The Morgan fingerprint density at radius 1 is 1.10 bits per heavy atom. The fourth-order valence-electron chi connectivity index (χ4n) is 3.69. The Balaban J connectivity index is 1.45. The fraction of sp³-hybridized carbons (Fsp3) is 0.550. The van der Waals surface area contributed by atoms with Crippen LogP contribution in [0.4, 0.5) is 0 Å². The molecule has 0 unspecified atom stereocenters. The van der Waals surface area contributed by atoms with Crippen molar-refractivity contribution in [1.82, 2.24) is 14.5 Å². The molecule has 0 aliphatic carbocycles. The number of hydrogen-bond donors (Lipinski definition) is 1. The lowest BCUT2D eigenvalue weighted by Crippen LogP contribution is -2.47. The average Bonchev–Trinajstić information content (AvgIpc) is 2.96. The molecule has 3 amide bonds. The number of carbonyl (C=O) groups is 3. The number of imide groups is 1. The first-order valence-electron chi connectivity index (χ1n) is 10.1. The van der Waals surface area contributed by atoms with Gasteiger partial charge < -0.3 is 5.32 Å². The van der Waals surface area contributed by atoms with E-state index in [1.54, 1.807) is 24.3 Å². The summed E-state index contributed by atoms with van der Waals surface area (Å²) >= 11 is 0. The van der Waals surface area contributed by atoms with Gasteiger partial charge in [-0.05, 0) is 31.4 Å². The highest BCUT2D eigenvalue weighted by molar-refractivity contribution is 7.89. The second kappa shape index (κ2) is 9.04. The van der Waals surface area contributed by atoms with Gasteiger partial charge >= 0.3 is 0 Å². The van der Waals surface area contributed by atoms with Crippen LogP contribution in [-0.2, 0) is 14.8 Å². The normalized spacial score (nSPS) is 18.2. The monoisotopic (exact) mass is 421 g/mol. The zero-order chi connectivity index (χ0) is 21.0. The summed E-state index contributed by atoms with van der Waals surface area (Å²) in [5, 5.41) is 2.90. The van der Waals surface area contributed by atoms with Crippen molar-refractivity contribution < 1.29 is 22.8 Å². The first-order valence-corrected chi connectivity index (χ1v) is 11.7. The van der Waals surface area contributed by atoms with Gasteiger partial charge in [-0.25, -0.2) is 12.7 Å². The topological polar surface area (TPSA) is 104 Å². The molecular weight excluding hydrogens is 394 g/mol. The Bertz CT molecular complexity index is 856. The lowest BCUT2D eigenvalue weighted by molar-refractivity contribution is -0.122. The molecule has 0 bridgehead atoms. The zero-order valence-corrected chi connectivity index (χ0v) is 17.4. The van der Waals surface area contributed by atoms with Gasteiger partial charge in [-0.2, -0.15) is 0 Å². The van der Waals surface area contributed by atoms with Gasteiger partial charge in [0, 0.05) is 32.1 Å². The number of sulfonamides is 1. The first-order chi connectivity index (χ1) is 13.8. The number of amides is 3. The van der Waals surface area contributed by atoms with E-state index in [4.69, 9.17) is 0 Å². The van der Waals surface area contributed by atoms with Crippen molar-refractivity contribution in [1.29, 1.82) is 0 Å². The third-order valence-electron chi connectivity index (χ3n) is 5.41. The lowest BCUT2D eigenvalue weighted by Gasteiger charge is -2.31. The van der Waals surface area contributed by atoms with Crippen LogP contribution < -0.4 is 5.32 Å². The molecule has 2 heterocycles. The summed E-state index contributed by atoms with van der Waals surface area (Å²) in [4.78, 5) is 38.0. The molecule has 2 aliphatic rings. The Morgan fingerprint density at radius 2 is 1.69 bits per heavy atom. The Hall–Kier alpha value is -2.26. The van der Waals surface area contributed by atoms with E-state index in [2.05, 4.69) is 5.32 Å². The highest BCUT2D eigenvalue weighted by Crippen LogP contribution is 2.22. The van der Waals surface area contributed by atoms with Gasteiger partial charge in [-0.15, -0.1) is 0 Å². The molecule has 1 aromatic rings. The molecule has 0 spiro atoms. The third-order valence-corrected chi connectivity index (χ3v) is 7.37. The number of unbranched alkanes of at least 4 members (excludes halogenated alkanes) is 1. The molecule has 0 radical (unpaired) electrons. The second-order valence-corrected chi connectivity index (χ2v) is 9.56. The highest BCUT2D eigenvalue weighted by Gasteiger charge is 2.35. The minimum Gasteiger partial charge on any atom is -0.353 e. The predicted molar refractivity (Wildman–Crippen MR) is 108 cm³/mol. The number of piperidine rings is 1. The van der Waals surface area contributed by atoms with Gasteiger partial charge in [0.15, 0.2) is 0 Å². The number of carbonyl (C=O) groups excluding carboxylic acids is 3. The molecule has 3 rings (SSSR count). The number of nitrogens with one attached hydrogen (secondary N) is 1. The van der Waals surface area contributed by atoms with Crippen molar-refractivity contribution in [3.05, 3.63) is 35.4 Å². The molecule has 1 aromatic carbocycles. The molecule has 0 atom stereocenters. The van der Waals surface area contributed by atoms with Crippen molar-refractivity contribution in [2.75, 3.05) is 25.4 Å². The second-order valence-electron chi connectivity index (χ2n) is 7.47. The van der Waals surface area contributed by atoms with Gasteiger partial charge in [0.05, 0.1) is 16.9 Å². The Kier molecular flexibility index (Phi) is 6.69. The van der Waals surface area contributed by atoms with E-state index >= 15 is 0 Å². The van der Waals surface area contributed by atoms with Gasteiger partial charge in [-0.1, -0.05) is 25.5 Å². The smallest absolute Gasteiger partial charge is 0.261 e. The van der Waals surface area contributed by atoms with Crippen molar-refractivity contribution in [2.24, 2.45) is 0 Å². The van der Waals surface area contributed by atoms with Crippen LogP contribution >= 0.6 is 0 Å². The van der Waals surface area contributed by atoms with Crippen LogP contribution in [0.1, 0.15) is 59.7 Å². The largest absolute Gasteiger partial charge is 0.353 e. The summed E-state index contributed by atoms with van der Waals surface area (Å²) in [6.07, 6.45) is 2.63. The van der Waals surface area contributed by atoms with Gasteiger partial charge in [0.25, 0.3) is 11.8 Å². The number of benzene rings is 1. The van der Waals surface area contributed by atoms with E-state index in [-0.39, 0.29) is 42.5 Å².